The molecule has 116 valence electrons. The van der Waals surface area contributed by atoms with Crippen LogP contribution >= 0.6 is 0 Å². The van der Waals surface area contributed by atoms with E-state index in [2.05, 4.69) is 17.2 Å². The summed E-state index contributed by atoms with van der Waals surface area (Å²) in [6.45, 7) is 5.56. The fourth-order valence-electron chi connectivity index (χ4n) is 4.56. The largest absolute Gasteiger partial charge is 0.374 e. The number of nitrogens with zero attached hydrogens (tertiary/aromatic N) is 1. The first-order valence-corrected chi connectivity index (χ1v) is 8.63. The monoisotopic (exact) mass is 281 g/mol. The third kappa shape index (κ3) is 3.03. The van der Waals surface area contributed by atoms with Crippen molar-refractivity contribution in [3.8, 4) is 0 Å². The van der Waals surface area contributed by atoms with Crippen molar-refractivity contribution in [2.45, 2.75) is 70.1 Å². The van der Waals surface area contributed by atoms with Crippen molar-refractivity contribution >= 4 is 0 Å². The highest BCUT2D eigenvalue weighted by Crippen LogP contribution is 2.35. The minimum Gasteiger partial charge on any atom is -0.374 e. The van der Waals surface area contributed by atoms with Crippen LogP contribution in [0.25, 0.3) is 0 Å². The maximum atomic E-state index is 6.17. The highest BCUT2D eigenvalue weighted by molar-refractivity contribution is 4.93. The van der Waals surface area contributed by atoms with Crippen LogP contribution in [0.3, 0.4) is 0 Å². The third-order valence-electron chi connectivity index (χ3n) is 5.99. The molecular formula is C16H31N3O. The lowest BCUT2D eigenvalue weighted by atomic mass is 9.76. The lowest BCUT2D eigenvalue weighted by Gasteiger charge is -2.42. The molecule has 1 aliphatic carbocycles. The first-order valence-electron chi connectivity index (χ1n) is 8.63. The minimum absolute atomic E-state index is 0.289. The Morgan fingerprint density at radius 3 is 2.75 bits per heavy atom. The second-order valence-electron chi connectivity index (χ2n) is 7.04. The Hall–Kier alpha value is -0.160. The molecule has 3 fully saturated rings. The van der Waals surface area contributed by atoms with Crippen LogP contribution in [-0.4, -0.2) is 42.8 Å². The Balaban J connectivity index is 1.56. The number of hydrazine groups is 1. The summed E-state index contributed by atoms with van der Waals surface area (Å²) in [6, 6.07) is 1.02. The zero-order valence-electron chi connectivity index (χ0n) is 12.9. The van der Waals surface area contributed by atoms with Crippen LogP contribution in [0.4, 0.5) is 0 Å². The van der Waals surface area contributed by atoms with Gasteiger partial charge >= 0.3 is 0 Å². The van der Waals surface area contributed by atoms with Gasteiger partial charge in [-0.15, -0.1) is 0 Å². The van der Waals surface area contributed by atoms with Crippen LogP contribution in [-0.2, 0) is 4.74 Å². The van der Waals surface area contributed by atoms with E-state index in [9.17, 15) is 0 Å². The summed E-state index contributed by atoms with van der Waals surface area (Å²) in [5.74, 6) is 7.54. The summed E-state index contributed by atoms with van der Waals surface area (Å²) in [5, 5.41) is 0. The van der Waals surface area contributed by atoms with Gasteiger partial charge in [0.25, 0.3) is 0 Å². The molecule has 0 aromatic heterocycles. The number of rotatable bonds is 4. The number of hydrogen-bond acceptors (Lipinski definition) is 4. The number of fused-ring (bicyclic) bond motifs is 1. The Labute approximate surface area is 123 Å². The van der Waals surface area contributed by atoms with E-state index in [1.54, 1.807) is 0 Å². The van der Waals surface area contributed by atoms with Crippen LogP contribution in [0.1, 0.15) is 51.9 Å². The fourth-order valence-corrected chi connectivity index (χ4v) is 4.56. The smallest absolute Gasteiger partial charge is 0.0871 e. The van der Waals surface area contributed by atoms with Crippen molar-refractivity contribution in [1.29, 1.82) is 0 Å². The molecule has 4 nitrogen and oxygen atoms in total. The number of morpholine rings is 1. The zero-order chi connectivity index (χ0) is 13.9. The van der Waals surface area contributed by atoms with E-state index in [0.717, 1.165) is 19.1 Å². The normalized spacial score (nSPS) is 40.5. The van der Waals surface area contributed by atoms with Gasteiger partial charge in [-0.2, -0.15) is 0 Å². The van der Waals surface area contributed by atoms with E-state index < -0.39 is 0 Å². The summed E-state index contributed by atoms with van der Waals surface area (Å²) in [6.07, 6.45) is 9.66. The van der Waals surface area contributed by atoms with Gasteiger partial charge in [0.15, 0.2) is 0 Å². The Morgan fingerprint density at radius 1 is 1.25 bits per heavy atom. The summed E-state index contributed by atoms with van der Waals surface area (Å²) < 4.78 is 6.17. The summed E-state index contributed by atoms with van der Waals surface area (Å²) in [4.78, 5) is 2.62. The van der Waals surface area contributed by atoms with Gasteiger partial charge in [-0.1, -0.05) is 26.2 Å². The van der Waals surface area contributed by atoms with Crippen LogP contribution in [0.2, 0.25) is 0 Å². The number of nitrogens with one attached hydrogen (secondary N) is 1. The predicted molar refractivity (Wildman–Crippen MR) is 81.2 cm³/mol. The van der Waals surface area contributed by atoms with E-state index >= 15 is 0 Å². The molecule has 3 rings (SSSR count). The molecule has 3 aliphatic rings. The average Bonchev–Trinajstić information content (AvgIpc) is 2.96. The van der Waals surface area contributed by atoms with E-state index in [1.807, 2.05) is 0 Å². The first-order chi connectivity index (χ1) is 9.81. The lowest BCUT2D eigenvalue weighted by molar-refractivity contribution is -0.0767. The Morgan fingerprint density at radius 2 is 2.05 bits per heavy atom. The molecule has 2 aliphatic heterocycles. The standard InChI is InChI=1S/C16H31N3O/c1-2-12-5-7-13(8-6-12)16(18-17)15-10-19-9-3-4-14(19)11-20-15/h12-16,18H,2-11,17H2,1H3. The van der Waals surface area contributed by atoms with Crippen molar-refractivity contribution in [2.75, 3.05) is 19.7 Å². The topological polar surface area (TPSA) is 50.5 Å². The molecule has 4 heteroatoms. The number of hydrogen-bond donors (Lipinski definition) is 2. The molecule has 2 saturated heterocycles. The summed E-state index contributed by atoms with van der Waals surface area (Å²) in [5.41, 5.74) is 3.10. The molecular weight excluding hydrogens is 250 g/mol. The Kier molecular flexibility index (Phi) is 4.97. The van der Waals surface area contributed by atoms with Crippen molar-refractivity contribution in [3.63, 3.8) is 0 Å². The van der Waals surface area contributed by atoms with Gasteiger partial charge in [0.1, 0.15) is 0 Å². The minimum atomic E-state index is 0.289. The van der Waals surface area contributed by atoms with Crippen LogP contribution in [0, 0.1) is 11.8 Å². The van der Waals surface area contributed by atoms with Gasteiger partial charge in [0, 0.05) is 12.6 Å². The second kappa shape index (κ2) is 6.73. The van der Waals surface area contributed by atoms with Crippen LogP contribution < -0.4 is 11.3 Å². The van der Waals surface area contributed by atoms with Crippen LogP contribution in [0.15, 0.2) is 0 Å². The molecule has 20 heavy (non-hydrogen) atoms. The van der Waals surface area contributed by atoms with Gasteiger partial charge in [0.2, 0.25) is 0 Å². The van der Waals surface area contributed by atoms with Crippen molar-refractivity contribution in [2.24, 2.45) is 17.7 Å². The maximum absolute atomic E-state index is 6.17. The van der Waals surface area contributed by atoms with Gasteiger partial charge in [0.05, 0.1) is 18.8 Å². The molecule has 3 atom stereocenters. The van der Waals surface area contributed by atoms with E-state index in [0.29, 0.717) is 18.0 Å². The van der Waals surface area contributed by atoms with Crippen molar-refractivity contribution in [1.82, 2.24) is 10.3 Å². The molecule has 0 aromatic rings. The first kappa shape index (κ1) is 14.8. The SMILES string of the molecule is CCC1CCC(C(NN)C2CN3CCCC3CO2)CC1. The second-order valence-corrected chi connectivity index (χ2v) is 7.04. The van der Waals surface area contributed by atoms with E-state index in [4.69, 9.17) is 10.6 Å². The molecule has 3 unspecified atom stereocenters. The molecule has 1 saturated carbocycles. The highest BCUT2D eigenvalue weighted by atomic mass is 16.5. The molecule has 2 heterocycles. The fraction of sp³-hybridized carbons (Fsp3) is 1.00. The summed E-state index contributed by atoms with van der Waals surface area (Å²) >= 11 is 0. The summed E-state index contributed by atoms with van der Waals surface area (Å²) in [7, 11) is 0. The van der Waals surface area contributed by atoms with E-state index in [1.165, 1.54) is 51.5 Å². The van der Waals surface area contributed by atoms with Gasteiger partial charge < -0.3 is 4.74 Å². The molecule has 3 N–H and O–H groups in total. The quantitative estimate of drug-likeness (QED) is 0.610. The average molecular weight is 281 g/mol. The molecule has 0 spiro atoms. The lowest BCUT2D eigenvalue weighted by Crippen LogP contribution is -2.58. The molecule has 0 aromatic carbocycles. The third-order valence-corrected chi connectivity index (χ3v) is 5.99. The highest BCUT2D eigenvalue weighted by Gasteiger charge is 2.39. The molecule has 0 radical (unpaired) electrons. The maximum Gasteiger partial charge on any atom is 0.0871 e. The van der Waals surface area contributed by atoms with E-state index in [-0.39, 0.29) is 6.10 Å². The zero-order valence-corrected chi connectivity index (χ0v) is 12.9. The molecule has 0 amide bonds. The number of ether oxygens (including phenoxy) is 1. The van der Waals surface area contributed by atoms with Gasteiger partial charge in [-0.25, -0.2) is 0 Å². The van der Waals surface area contributed by atoms with Crippen molar-refractivity contribution < 1.29 is 4.74 Å². The Bertz CT molecular complexity index is 304. The van der Waals surface area contributed by atoms with Crippen LogP contribution in [0.5, 0.6) is 0 Å². The predicted octanol–water partition coefficient (Wildman–Crippen LogP) is 1.90. The van der Waals surface area contributed by atoms with Crippen molar-refractivity contribution in [3.05, 3.63) is 0 Å². The van der Waals surface area contributed by atoms with Gasteiger partial charge in [-0.3, -0.25) is 16.2 Å². The number of nitrogens with two attached hydrogens (primary N) is 1. The van der Waals surface area contributed by atoms with Gasteiger partial charge in [-0.05, 0) is 44.1 Å². The molecule has 0 bridgehead atoms.